The SMILES string of the molecule is C[C@@H]1CCCN(C(=O)C2C=CC=CC2(C)n2nccn2)[C@@H]1CNc1ncc(C(F)(F)F)cn1. The van der Waals surface area contributed by atoms with E-state index in [2.05, 4.69) is 32.4 Å². The van der Waals surface area contributed by atoms with Crippen LogP contribution in [0.3, 0.4) is 0 Å². The van der Waals surface area contributed by atoms with Crippen LogP contribution in [0.2, 0.25) is 0 Å². The van der Waals surface area contributed by atoms with Gasteiger partial charge in [0.1, 0.15) is 5.54 Å². The molecule has 2 unspecified atom stereocenters. The van der Waals surface area contributed by atoms with Crippen molar-refractivity contribution in [1.29, 1.82) is 0 Å². The number of hydrogen-bond donors (Lipinski definition) is 1. The summed E-state index contributed by atoms with van der Waals surface area (Å²) in [5, 5.41) is 11.5. The first-order valence-corrected chi connectivity index (χ1v) is 10.9. The molecular formula is C22H26F3N7O. The zero-order valence-corrected chi connectivity index (χ0v) is 18.4. The smallest absolute Gasteiger partial charge is 0.352 e. The summed E-state index contributed by atoms with van der Waals surface area (Å²) in [4.78, 5) is 24.8. The van der Waals surface area contributed by atoms with E-state index in [1.54, 1.807) is 17.2 Å². The van der Waals surface area contributed by atoms with Crippen molar-refractivity contribution >= 4 is 11.9 Å². The van der Waals surface area contributed by atoms with Crippen molar-refractivity contribution in [2.45, 2.75) is 44.4 Å². The molecule has 11 heteroatoms. The second kappa shape index (κ2) is 8.95. The molecule has 3 heterocycles. The Kier molecular flexibility index (Phi) is 6.22. The summed E-state index contributed by atoms with van der Waals surface area (Å²) < 4.78 is 38.3. The average Bonchev–Trinajstić information content (AvgIpc) is 3.34. The van der Waals surface area contributed by atoms with Gasteiger partial charge in [0.2, 0.25) is 11.9 Å². The van der Waals surface area contributed by atoms with Gasteiger partial charge in [-0.15, -0.1) is 0 Å². The summed E-state index contributed by atoms with van der Waals surface area (Å²) in [7, 11) is 0. The number of hydrogen-bond acceptors (Lipinski definition) is 6. The third kappa shape index (κ3) is 4.62. The summed E-state index contributed by atoms with van der Waals surface area (Å²) >= 11 is 0. The number of halogens is 3. The molecule has 1 fully saturated rings. The predicted octanol–water partition coefficient (Wildman–Crippen LogP) is 3.28. The molecule has 0 saturated carbocycles. The van der Waals surface area contributed by atoms with Gasteiger partial charge in [0.25, 0.3) is 0 Å². The minimum atomic E-state index is -4.49. The van der Waals surface area contributed by atoms with Gasteiger partial charge in [-0.2, -0.15) is 28.2 Å². The number of carbonyl (C=O) groups excluding carboxylic acids is 1. The highest BCUT2D eigenvalue weighted by molar-refractivity contribution is 5.83. The van der Waals surface area contributed by atoms with Crippen LogP contribution in [0, 0.1) is 11.8 Å². The van der Waals surface area contributed by atoms with Gasteiger partial charge < -0.3 is 10.2 Å². The van der Waals surface area contributed by atoms with Gasteiger partial charge in [-0.05, 0) is 25.7 Å². The Morgan fingerprint density at radius 2 is 1.91 bits per heavy atom. The molecule has 8 nitrogen and oxygen atoms in total. The second-order valence-electron chi connectivity index (χ2n) is 8.66. The molecule has 1 N–H and O–H groups in total. The van der Waals surface area contributed by atoms with E-state index in [0.29, 0.717) is 13.1 Å². The molecule has 4 rings (SSSR count). The Hall–Kier alpha value is -3.24. The third-order valence-electron chi connectivity index (χ3n) is 6.44. The van der Waals surface area contributed by atoms with Gasteiger partial charge in [0, 0.05) is 25.5 Å². The van der Waals surface area contributed by atoms with E-state index in [4.69, 9.17) is 0 Å². The van der Waals surface area contributed by atoms with Gasteiger partial charge in [0.15, 0.2) is 0 Å². The molecule has 1 saturated heterocycles. The maximum atomic E-state index is 13.8. The van der Waals surface area contributed by atoms with Crippen molar-refractivity contribution in [3.63, 3.8) is 0 Å². The fourth-order valence-electron chi connectivity index (χ4n) is 4.49. The van der Waals surface area contributed by atoms with Crippen molar-refractivity contribution in [2.75, 3.05) is 18.4 Å². The molecule has 1 aliphatic carbocycles. The quantitative estimate of drug-likeness (QED) is 0.735. The summed E-state index contributed by atoms with van der Waals surface area (Å²) in [6, 6.07) is -0.161. The fourth-order valence-corrected chi connectivity index (χ4v) is 4.49. The zero-order valence-electron chi connectivity index (χ0n) is 18.4. The molecule has 4 atom stereocenters. The van der Waals surface area contributed by atoms with Gasteiger partial charge >= 0.3 is 6.18 Å². The Labute approximate surface area is 189 Å². The number of carbonyl (C=O) groups is 1. The van der Waals surface area contributed by atoms with Crippen LogP contribution in [0.4, 0.5) is 19.1 Å². The number of alkyl halides is 3. The molecule has 33 heavy (non-hydrogen) atoms. The van der Waals surface area contributed by atoms with E-state index in [1.165, 1.54) is 0 Å². The van der Waals surface area contributed by atoms with Gasteiger partial charge in [0.05, 0.1) is 29.9 Å². The minimum absolute atomic E-state index is 0.0397. The van der Waals surface area contributed by atoms with Crippen molar-refractivity contribution in [2.24, 2.45) is 11.8 Å². The molecule has 2 aromatic heterocycles. The van der Waals surface area contributed by atoms with E-state index in [1.807, 2.05) is 36.1 Å². The van der Waals surface area contributed by atoms with Crippen LogP contribution >= 0.6 is 0 Å². The highest BCUT2D eigenvalue weighted by atomic mass is 19.4. The van der Waals surface area contributed by atoms with Crippen molar-refractivity contribution in [3.8, 4) is 0 Å². The highest BCUT2D eigenvalue weighted by Crippen LogP contribution is 2.35. The number of allylic oxidation sites excluding steroid dienone is 3. The first-order chi connectivity index (χ1) is 15.7. The average molecular weight is 461 g/mol. The monoisotopic (exact) mass is 461 g/mol. The number of rotatable bonds is 5. The Bertz CT molecular complexity index is 1020. The molecule has 0 bridgehead atoms. The van der Waals surface area contributed by atoms with Crippen molar-refractivity contribution < 1.29 is 18.0 Å². The van der Waals surface area contributed by atoms with Gasteiger partial charge in [-0.3, -0.25) is 4.79 Å². The normalized spacial score (nSPS) is 27.5. The van der Waals surface area contributed by atoms with Gasteiger partial charge in [-0.1, -0.05) is 31.2 Å². The molecule has 1 aliphatic heterocycles. The molecule has 1 amide bonds. The summed E-state index contributed by atoms with van der Waals surface area (Å²) in [5.74, 6) is -0.242. The topological polar surface area (TPSA) is 88.8 Å². The Balaban J connectivity index is 1.51. The summed E-state index contributed by atoms with van der Waals surface area (Å²) in [6.07, 6.45) is 9.53. The zero-order chi connectivity index (χ0) is 23.6. The molecule has 176 valence electrons. The lowest BCUT2D eigenvalue weighted by molar-refractivity contribution is -0.141. The lowest BCUT2D eigenvalue weighted by atomic mass is 9.80. The Morgan fingerprint density at radius 3 is 2.58 bits per heavy atom. The number of aromatic nitrogens is 5. The maximum absolute atomic E-state index is 13.8. The van der Waals surface area contributed by atoms with Crippen molar-refractivity contribution in [3.05, 3.63) is 54.7 Å². The van der Waals surface area contributed by atoms with E-state index in [0.717, 1.165) is 25.2 Å². The van der Waals surface area contributed by atoms with Crippen LogP contribution < -0.4 is 5.32 Å². The molecule has 0 aromatic carbocycles. The fraction of sp³-hybridized carbons (Fsp3) is 0.500. The van der Waals surface area contributed by atoms with E-state index in [9.17, 15) is 18.0 Å². The van der Waals surface area contributed by atoms with E-state index < -0.39 is 23.2 Å². The minimum Gasteiger partial charge on any atom is -0.352 e. The first kappa shape index (κ1) is 22.9. The largest absolute Gasteiger partial charge is 0.419 e. The second-order valence-corrected chi connectivity index (χ2v) is 8.66. The third-order valence-corrected chi connectivity index (χ3v) is 6.44. The molecule has 0 spiro atoms. The van der Waals surface area contributed by atoms with Crippen LogP contribution in [-0.2, 0) is 16.5 Å². The van der Waals surface area contributed by atoms with E-state index in [-0.39, 0.29) is 23.8 Å². The lowest BCUT2D eigenvalue weighted by Crippen LogP contribution is -2.56. The molecule has 0 radical (unpaired) electrons. The number of nitrogens with one attached hydrogen (secondary N) is 1. The molecule has 2 aromatic rings. The molecule has 2 aliphatic rings. The number of anilines is 1. The van der Waals surface area contributed by atoms with Gasteiger partial charge in [-0.25, -0.2) is 9.97 Å². The lowest BCUT2D eigenvalue weighted by Gasteiger charge is -2.44. The predicted molar refractivity (Wildman–Crippen MR) is 115 cm³/mol. The number of likely N-dealkylation sites (tertiary alicyclic amines) is 1. The van der Waals surface area contributed by atoms with Crippen LogP contribution in [0.25, 0.3) is 0 Å². The Morgan fingerprint density at radius 1 is 1.21 bits per heavy atom. The van der Waals surface area contributed by atoms with Crippen LogP contribution in [-0.4, -0.2) is 54.9 Å². The van der Waals surface area contributed by atoms with E-state index >= 15 is 0 Å². The standard InChI is InChI=1S/C22H26F3N7O/c1-15-6-5-11-31(18(15)14-28-20-26-12-16(13-27-20)22(23,24)25)19(33)17-7-3-4-8-21(17,2)32-29-9-10-30-32/h3-4,7-10,12-13,15,17-18H,5-6,11,14H2,1-2H3,(H,26,27,28)/t15-,17?,18-,21?/m1/s1. The number of amides is 1. The number of piperidine rings is 1. The van der Waals surface area contributed by atoms with Crippen molar-refractivity contribution in [1.82, 2.24) is 29.9 Å². The summed E-state index contributed by atoms with van der Waals surface area (Å²) in [5.41, 5.74) is -1.65. The maximum Gasteiger partial charge on any atom is 0.419 e. The van der Waals surface area contributed by atoms with Crippen LogP contribution in [0.15, 0.2) is 49.1 Å². The summed E-state index contributed by atoms with van der Waals surface area (Å²) in [6.45, 7) is 4.93. The molecular weight excluding hydrogens is 435 g/mol. The first-order valence-electron chi connectivity index (χ1n) is 10.9. The highest BCUT2D eigenvalue weighted by Gasteiger charge is 2.44. The number of nitrogens with zero attached hydrogens (tertiary/aromatic N) is 6. The van der Waals surface area contributed by atoms with Crippen LogP contribution in [0.1, 0.15) is 32.3 Å². The van der Waals surface area contributed by atoms with Crippen LogP contribution in [0.5, 0.6) is 0 Å².